The second kappa shape index (κ2) is 5.12. The van der Waals surface area contributed by atoms with Gasteiger partial charge in [-0.25, -0.2) is 0 Å². The standard InChI is InChI=1S/C13H19NO2/c1-8(2)11-6-10(12(15)7-14)5-9(3)13(11)16-4/h5-6,8H,7,14H2,1-4H3. The van der Waals surface area contributed by atoms with E-state index < -0.39 is 0 Å². The van der Waals surface area contributed by atoms with E-state index >= 15 is 0 Å². The van der Waals surface area contributed by atoms with Crippen molar-refractivity contribution in [2.75, 3.05) is 13.7 Å². The van der Waals surface area contributed by atoms with Crippen molar-refractivity contribution in [3.8, 4) is 5.75 Å². The predicted molar refractivity (Wildman–Crippen MR) is 65.2 cm³/mol. The number of hydrogen-bond acceptors (Lipinski definition) is 3. The summed E-state index contributed by atoms with van der Waals surface area (Å²) in [5.74, 6) is 1.15. The molecule has 0 aliphatic heterocycles. The van der Waals surface area contributed by atoms with E-state index in [9.17, 15) is 4.79 Å². The first-order valence-electron chi connectivity index (χ1n) is 5.43. The summed E-state index contributed by atoms with van der Waals surface area (Å²) in [4.78, 5) is 11.6. The van der Waals surface area contributed by atoms with Crippen molar-refractivity contribution >= 4 is 5.78 Å². The van der Waals surface area contributed by atoms with Gasteiger partial charge in [0.1, 0.15) is 5.75 Å². The first kappa shape index (κ1) is 12.7. The molecule has 0 saturated carbocycles. The average molecular weight is 221 g/mol. The Morgan fingerprint density at radius 2 is 2.06 bits per heavy atom. The number of rotatable bonds is 4. The molecule has 1 aromatic rings. The maximum absolute atomic E-state index is 11.6. The third-order valence-electron chi connectivity index (χ3n) is 2.64. The number of aryl methyl sites for hydroxylation is 1. The van der Waals surface area contributed by atoms with Gasteiger partial charge in [-0.1, -0.05) is 13.8 Å². The normalized spacial score (nSPS) is 10.6. The van der Waals surface area contributed by atoms with E-state index in [2.05, 4.69) is 13.8 Å². The second-order valence-corrected chi connectivity index (χ2v) is 4.20. The van der Waals surface area contributed by atoms with Crippen LogP contribution in [0.25, 0.3) is 0 Å². The Balaban J connectivity index is 3.33. The number of methoxy groups -OCH3 is 1. The summed E-state index contributed by atoms with van der Waals surface area (Å²) in [6.45, 7) is 6.14. The van der Waals surface area contributed by atoms with Gasteiger partial charge in [-0.2, -0.15) is 0 Å². The van der Waals surface area contributed by atoms with Gasteiger partial charge >= 0.3 is 0 Å². The highest BCUT2D eigenvalue weighted by Gasteiger charge is 2.14. The van der Waals surface area contributed by atoms with Crippen molar-refractivity contribution in [3.05, 3.63) is 28.8 Å². The zero-order valence-electron chi connectivity index (χ0n) is 10.3. The molecule has 0 heterocycles. The van der Waals surface area contributed by atoms with Gasteiger partial charge in [0.25, 0.3) is 0 Å². The Bertz CT molecular complexity index is 397. The first-order chi connectivity index (χ1) is 7.51. The van der Waals surface area contributed by atoms with E-state index in [0.717, 1.165) is 16.9 Å². The van der Waals surface area contributed by atoms with E-state index in [1.807, 2.05) is 19.1 Å². The summed E-state index contributed by atoms with van der Waals surface area (Å²) in [7, 11) is 1.65. The average Bonchev–Trinajstić information content (AvgIpc) is 2.26. The number of benzene rings is 1. The molecule has 1 aromatic carbocycles. The Kier molecular flexibility index (Phi) is 4.07. The van der Waals surface area contributed by atoms with Crippen LogP contribution >= 0.6 is 0 Å². The number of ether oxygens (including phenoxy) is 1. The first-order valence-corrected chi connectivity index (χ1v) is 5.43. The van der Waals surface area contributed by atoms with Crippen LogP contribution < -0.4 is 10.5 Å². The van der Waals surface area contributed by atoms with E-state index in [-0.39, 0.29) is 12.3 Å². The van der Waals surface area contributed by atoms with Crippen LogP contribution in [-0.4, -0.2) is 19.4 Å². The smallest absolute Gasteiger partial charge is 0.176 e. The molecule has 0 aromatic heterocycles. The van der Waals surface area contributed by atoms with E-state index in [4.69, 9.17) is 10.5 Å². The molecular formula is C13H19NO2. The third kappa shape index (κ3) is 2.42. The van der Waals surface area contributed by atoms with Crippen molar-refractivity contribution in [1.82, 2.24) is 0 Å². The fourth-order valence-electron chi connectivity index (χ4n) is 1.79. The number of carbonyl (C=O) groups excluding carboxylic acids is 1. The molecule has 0 aliphatic rings. The zero-order valence-corrected chi connectivity index (χ0v) is 10.3. The minimum atomic E-state index is -0.0346. The molecule has 1 rings (SSSR count). The highest BCUT2D eigenvalue weighted by Crippen LogP contribution is 2.31. The summed E-state index contributed by atoms with van der Waals surface area (Å²) in [5.41, 5.74) is 8.07. The number of hydrogen-bond donors (Lipinski definition) is 1. The van der Waals surface area contributed by atoms with Gasteiger partial charge in [-0.05, 0) is 36.1 Å². The summed E-state index contributed by atoms with van der Waals surface area (Å²) >= 11 is 0. The molecule has 16 heavy (non-hydrogen) atoms. The molecule has 0 spiro atoms. The summed E-state index contributed by atoms with van der Waals surface area (Å²) < 4.78 is 5.36. The molecular weight excluding hydrogens is 202 g/mol. The fraction of sp³-hybridized carbons (Fsp3) is 0.462. The van der Waals surface area contributed by atoms with Crippen LogP contribution in [0.1, 0.15) is 41.3 Å². The second-order valence-electron chi connectivity index (χ2n) is 4.20. The maximum atomic E-state index is 11.6. The van der Waals surface area contributed by atoms with Crippen LogP contribution in [0.4, 0.5) is 0 Å². The van der Waals surface area contributed by atoms with Gasteiger partial charge in [0.15, 0.2) is 5.78 Å². The SMILES string of the molecule is COc1c(C)cc(C(=O)CN)cc1C(C)C. The molecule has 0 amide bonds. The Morgan fingerprint density at radius 3 is 2.50 bits per heavy atom. The Morgan fingerprint density at radius 1 is 1.44 bits per heavy atom. The number of carbonyl (C=O) groups is 1. The third-order valence-corrected chi connectivity index (χ3v) is 2.64. The predicted octanol–water partition coefficient (Wildman–Crippen LogP) is 2.27. The monoisotopic (exact) mass is 221 g/mol. The van der Waals surface area contributed by atoms with Crippen LogP contribution in [0, 0.1) is 6.92 Å². The van der Waals surface area contributed by atoms with Crippen LogP contribution in [0.2, 0.25) is 0 Å². The summed E-state index contributed by atoms with van der Waals surface area (Å²) in [6.07, 6.45) is 0. The highest BCUT2D eigenvalue weighted by molar-refractivity contribution is 5.98. The van der Waals surface area contributed by atoms with Crippen LogP contribution in [0.15, 0.2) is 12.1 Å². The largest absolute Gasteiger partial charge is 0.496 e. The van der Waals surface area contributed by atoms with Crippen molar-refractivity contribution in [2.45, 2.75) is 26.7 Å². The van der Waals surface area contributed by atoms with Crippen LogP contribution in [0.3, 0.4) is 0 Å². The van der Waals surface area contributed by atoms with Crippen molar-refractivity contribution < 1.29 is 9.53 Å². The zero-order chi connectivity index (χ0) is 12.3. The maximum Gasteiger partial charge on any atom is 0.176 e. The quantitative estimate of drug-likeness (QED) is 0.793. The number of nitrogens with two attached hydrogens (primary N) is 1. The van der Waals surface area contributed by atoms with Gasteiger partial charge in [0.05, 0.1) is 13.7 Å². The highest BCUT2D eigenvalue weighted by atomic mass is 16.5. The van der Waals surface area contributed by atoms with E-state index in [1.54, 1.807) is 7.11 Å². The molecule has 0 aliphatic carbocycles. The lowest BCUT2D eigenvalue weighted by Crippen LogP contribution is -2.14. The van der Waals surface area contributed by atoms with Gasteiger partial charge in [0.2, 0.25) is 0 Å². The van der Waals surface area contributed by atoms with Gasteiger partial charge in [-0.3, -0.25) is 4.79 Å². The minimum Gasteiger partial charge on any atom is -0.496 e. The molecule has 0 bridgehead atoms. The molecule has 0 saturated heterocycles. The Labute approximate surface area is 96.6 Å². The molecule has 0 radical (unpaired) electrons. The molecule has 88 valence electrons. The topological polar surface area (TPSA) is 52.3 Å². The molecule has 3 heteroatoms. The van der Waals surface area contributed by atoms with Crippen molar-refractivity contribution in [2.24, 2.45) is 5.73 Å². The summed E-state index contributed by atoms with van der Waals surface area (Å²) in [6, 6.07) is 3.71. The number of Topliss-reactive ketones (excluding diaryl/α,β-unsaturated/α-hetero) is 1. The lowest BCUT2D eigenvalue weighted by molar-refractivity contribution is 0.100. The molecule has 2 N–H and O–H groups in total. The minimum absolute atomic E-state index is 0.0346. The van der Waals surface area contributed by atoms with E-state index in [0.29, 0.717) is 11.5 Å². The molecule has 0 atom stereocenters. The van der Waals surface area contributed by atoms with Gasteiger partial charge in [0, 0.05) is 5.56 Å². The summed E-state index contributed by atoms with van der Waals surface area (Å²) in [5, 5.41) is 0. The van der Waals surface area contributed by atoms with Gasteiger partial charge in [-0.15, -0.1) is 0 Å². The molecule has 3 nitrogen and oxygen atoms in total. The molecule has 0 fully saturated rings. The Hall–Kier alpha value is -1.35. The van der Waals surface area contributed by atoms with Gasteiger partial charge < -0.3 is 10.5 Å². The van der Waals surface area contributed by atoms with E-state index in [1.165, 1.54) is 0 Å². The lowest BCUT2D eigenvalue weighted by atomic mass is 9.95. The van der Waals surface area contributed by atoms with Crippen molar-refractivity contribution in [1.29, 1.82) is 0 Å². The lowest BCUT2D eigenvalue weighted by Gasteiger charge is -2.15. The van der Waals surface area contributed by atoms with Crippen molar-refractivity contribution in [3.63, 3.8) is 0 Å². The number of ketones is 1. The fourth-order valence-corrected chi connectivity index (χ4v) is 1.79. The van der Waals surface area contributed by atoms with Crippen LogP contribution in [0.5, 0.6) is 5.75 Å². The van der Waals surface area contributed by atoms with Crippen LogP contribution in [-0.2, 0) is 0 Å². The molecule has 0 unspecified atom stereocenters.